The van der Waals surface area contributed by atoms with Gasteiger partial charge in [0.2, 0.25) is 5.91 Å². The van der Waals surface area contributed by atoms with Gasteiger partial charge in [0.05, 0.1) is 11.0 Å². The van der Waals surface area contributed by atoms with E-state index in [4.69, 9.17) is 16.9 Å². The van der Waals surface area contributed by atoms with Crippen molar-refractivity contribution >= 4 is 23.3 Å². The van der Waals surface area contributed by atoms with Crippen molar-refractivity contribution in [2.24, 2.45) is 5.41 Å². The number of carbonyl (C=O) groups is 1. The van der Waals surface area contributed by atoms with Gasteiger partial charge < -0.3 is 10.2 Å². The molecule has 0 aliphatic carbocycles. The van der Waals surface area contributed by atoms with E-state index in [9.17, 15) is 4.79 Å². The number of aromatic nitrogens is 1. The summed E-state index contributed by atoms with van der Waals surface area (Å²) in [4.78, 5) is 18.1. The predicted octanol–water partition coefficient (Wildman–Crippen LogP) is 1.57. The largest absolute Gasteiger partial charge is 0.359 e. The summed E-state index contributed by atoms with van der Waals surface area (Å²) in [6.45, 7) is 3.17. The van der Waals surface area contributed by atoms with Crippen LogP contribution in [-0.4, -0.2) is 31.0 Å². The molecule has 1 fully saturated rings. The molecule has 100 valence electrons. The lowest BCUT2D eigenvalue weighted by Gasteiger charge is -2.23. The fourth-order valence-electron chi connectivity index (χ4n) is 2.37. The van der Waals surface area contributed by atoms with Gasteiger partial charge in [0, 0.05) is 26.3 Å². The van der Waals surface area contributed by atoms with Crippen LogP contribution in [0.1, 0.15) is 18.9 Å². The van der Waals surface area contributed by atoms with Gasteiger partial charge in [-0.1, -0.05) is 11.6 Å². The molecule has 1 aromatic heterocycles. The van der Waals surface area contributed by atoms with E-state index in [2.05, 4.69) is 10.3 Å². The van der Waals surface area contributed by atoms with E-state index in [1.165, 1.54) is 0 Å². The van der Waals surface area contributed by atoms with E-state index >= 15 is 0 Å². The summed E-state index contributed by atoms with van der Waals surface area (Å²) in [7, 11) is 1.64. The van der Waals surface area contributed by atoms with Crippen LogP contribution >= 0.6 is 11.6 Å². The van der Waals surface area contributed by atoms with Crippen molar-refractivity contribution in [2.45, 2.75) is 13.3 Å². The van der Waals surface area contributed by atoms with Crippen LogP contribution in [-0.2, 0) is 4.79 Å². The first-order valence-corrected chi connectivity index (χ1v) is 6.41. The second-order valence-corrected chi connectivity index (χ2v) is 5.30. The maximum absolute atomic E-state index is 11.9. The smallest absolute Gasteiger partial charge is 0.227 e. The van der Waals surface area contributed by atoms with Crippen LogP contribution in [0.5, 0.6) is 0 Å². The molecule has 1 aliphatic rings. The van der Waals surface area contributed by atoms with Crippen LogP contribution in [0.2, 0.25) is 5.02 Å². The Morgan fingerprint density at radius 2 is 2.42 bits per heavy atom. The maximum atomic E-state index is 11.9. The van der Waals surface area contributed by atoms with Gasteiger partial charge in [-0.3, -0.25) is 4.79 Å². The second kappa shape index (κ2) is 5.06. The molecule has 0 saturated carbocycles. The number of halogens is 1. The number of amides is 1. The Balaban J connectivity index is 2.27. The Bertz CT molecular complexity index is 554. The molecular weight excluding hydrogens is 264 g/mol. The standard InChI is InChI=1S/C13H15ClN4O/c1-13(12(19)16-2)4-6-18(8-13)11-10(14)9(7-15)3-5-17-11/h3,5H,4,6,8H2,1-2H3,(H,16,19). The highest BCUT2D eigenvalue weighted by molar-refractivity contribution is 6.34. The van der Waals surface area contributed by atoms with E-state index in [0.29, 0.717) is 29.5 Å². The fourth-order valence-corrected chi connectivity index (χ4v) is 2.64. The van der Waals surface area contributed by atoms with Crippen molar-refractivity contribution in [1.29, 1.82) is 5.26 Å². The van der Waals surface area contributed by atoms with Gasteiger partial charge in [0.15, 0.2) is 0 Å². The highest BCUT2D eigenvalue weighted by Gasteiger charge is 2.40. The van der Waals surface area contributed by atoms with Crippen LogP contribution in [0, 0.1) is 16.7 Å². The van der Waals surface area contributed by atoms with Crippen molar-refractivity contribution in [3.63, 3.8) is 0 Å². The van der Waals surface area contributed by atoms with Crippen molar-refractivity contribution in [3.05, 3.63) is 22.8 Å². The first kappa shape index (κ1) is 13.6. The van der Waals surface area contributed by atoms with E-state index in [1.807, 2.05) is 17.9 Å². The third kappa shape index (κ3) is 2.36. The average molecular weight is 279 g/mol. The van der Waals surface area contributed by atoms with Crippen molar-refractivity contribution < 1.29 is 4.79 Å². The summed E-state index contributed by atoms with van der Waals surface area (Å²) in [6.07, 6.45) is 2.30. The molecule has 5 nitrogen and oxygen atoms in total. The van der Waals surface area contributed by atoms with Gasteiger partial charge in [-0.15, -0.1) is 0 Å². The van der Waals surface area contributed by atoms with Gasteiger partial charge >= 0.3 is 0 Å². The molecule has 1 unspecified atom stereocenters. The van der Waals surface area contributed by atoms with Gasteiger partial charge in [-0.05, 0) is 19.4 Å². The molecule has 1 N–H and O–H groups in total. The SMILES string of the molecule is CNC(=O)C1(C)CCN(c2nccc(C#N)c2Cl)C1. The Morgan fingerprint density at radius 1 is 1.68 bits per heavy atom. The molecule has 1 atom stereocenters. The van der Waals surface area contributed by atoms with E-state index < -0.39 is 5.41 Å². The molecule has 1 saturated heterocycles. The van der Waals surface area contributed by atoms with Crippen molar-refractivity contribution in [1.82, 2.24) is 10.3 Å². The highest BCUT2D eigenvalue weighted by Crippen LogP contribution is 2.36. The second-order valence-electron chi connectivity index (χ2n) is 4.92. The number of carbonyl (C=O) groups excluding carboxylic acids is 1. The molecule has 6 heteroatoms. The van der Waals surface area contributed by atoms with Gasteiger partial charge in [-0.25, -0.2) is 4.98 Å². The van der Waals surface area contributed by atoms with Crippen molar-refractivity contribution in [2.75, 3.05) is 25.0 Å². The quantitative estimate of drug-likeness (QED) is 0.891. The lowest BCUT2D eigenvalue weighted by molar-refractivity contribution is -0.128. The molecule has 1 amide bonds. The van der Waals surface area contributed by atoms with Gasteiger partial charge in [0.25, 0.3) is 0 Å². The van der Waals surface area contributed by atoms with Crippen LogP contribution in [0.3, 0.4) is 0 Å². The molecule has 0 spiro atoms. The maximum Gasteiger partial charge on any atom is 0.227 e. The Hall–Kier alpha value is -1.80. The Morgan fingerprint density at radius 3 is 3.05 bits per heavy atom. The summed E-state index contributed by atoms with van der Waals surface area (Å²) in [5.41, 5.74) is -0.0391. The highest BCUT2D eigenvalue weighted by atomic mass is 35.5. The Labute approximate surface area is 117 Å². The number of hydrogen-bond donors (Lipinski definition) is 1. The van der Waals surface area contributed by atoms with Crippen LogP contribution in [0.25, 0.3) is 0 Å². The zero-order valence-corrected chi connectivity index (χ0v) is 11.7. The zero-order valence-electron chi connectivity index (χ0n) is 10.9. The first-order valence-electron chi connectivity index (χ1n) is 6.03. The molecule has 0 radical (unpaired) electrons. The Kier molecular flexibility index (Phi) is 3.63. The number of nitriles is 1. The summed E-state index contributed by atoms with van der Waals surface area (Å²) in [5, 5.41) is 12.0. The van der Waals surface area contributed by atoms with Gasteiger partial charge in [-0.2, -0.15) is 5.26 Å². The first-order chi connectivity index (χ1) is 9.01. The fraction of sp³-hybridized carbons (Fsp3) is 0.462. The van der Waals surface area contributed by atoms with Crippen LogP contribution in [0.4, 0.5) is 5.82 Å². The number of anilines is 1. The molecular formula is C13H15ClN4O. The topological polar surface area (TPSA) is 69.0 Å². The van der Waals surface area contributed by atoms with E-state index in [0.717, 1.165) is 6.42 Å². The van der Waals surface area contributed by atoms with Gasteiger partial charge in [0.1, 0.15) is 16.9 Å². The molecule has 2 rings (SSSR count). The minimum atomic E-state index is -0.442. The lowest BCUT2D eigenvalue weighted by atomic mass is 9.89. The summed E-state index contributed by atoms with van der Waals surface area (Å²) >= 11 is 6.17. The molecule has 0 aromatic carbocycles. The summed E-state index contributed by atoms with van der Waals surface area (Å²) in [5.74, 6) is 0.593. The average Bonchev–Trinajstić information content (AvgIpc) is 2.82. The van der Waals surface area contributed by atoms with Crippen LogP contribution < -0.4 is 10.2 Å². The third-order valence-electron chi connectivity index (χ3n) is 3.54. The molecule has 2 heterocycles. The van der Waals surface area contributed by atoms with E-state index in [-0.39, 0.29) is 5.91 Å². The van der Waals surface area contributed by atoms with E-state index in [1.54, 1.807) is 19.3 Å². The predicted molar refractivity (Wildman–Crippen MR) is 73.0 cm³/mol. The summed E-state index contributed by atoms with van der Waals surface area (Å²) in [6, 6.07) is 3.62. The minimum Gasteiger partial charge on any atom is -0.359 e. The number of nitrogens with zero attached hydrogens (tertiary/aromatic N) is 3. The zero-order chi connectivity index (χ0) is 14.0. The lowest BCUT2D eigenvalue weighted by Crippen LogP contribution is -2.39. The molecule has 0 bridgehead atoms. The third-order valence-corrected chi connectivity index (χ3v) is 3.91. The summed E-state index contributed by atoms with van der Waals surface area (Å²) < 4.78 is 0. The van der Waals surface area contributed by atoms with Crippen molar-refractivity contribution in [3.8, 4) is 6.07 Å². The number of hydrogen-bond acceptors (Lipinski definition) is 4. The van der Waals surface area contributed by atoms with Crippen LogP contribution in [0.15, 0.2) is 12.3 Å². The molecule has 1 aromatic rings. The number of rotatable bonds is 2. The number of pyridine rings is 1. The molecule has 19 heavy (non-hydrogen) atoms. The minimum absolute atomic E-state index is 0.0163. The normalized spacial score (nSPS) is 22.1. The number of nitrogens with one attached hydrogen (secondary N) is 1. The molecule has 1 aliphatic heterocycles. The monoisotopic (exact) mass is 278 g/mol.